The van der Waals surface area contributed by atoms with Crippen LogP contribution >= 0.6 is 12.4 Å². The maximum Gasteiger partial charge on any atom is 0.268 e. The lowest BCUT2D eigenvalue weighted by atomic mass is 10.0. The van der Waals surface area contributed by atoms with Gasteiger partial charge in [-0.1, -0.05) is 61.9 Å². The van der Waals surface area contributed by atoms with E-state index in [0.29, 0.717) is 11.4 Å². The standard InChI is InChI=1S/C21H24N2O2S.ClH/c1-3-10-20-18(15-22-2)16-23(21(20)17-11-6-4-7-12-17)26(24,25)19-13-8-5-9-14-19;/h4-9,11-14,16,22H,3,10,15H2,1-2H3;1H. The summed E-state index contributed by atoms with van der Waals surface area (Å²) in [5, 5.41) is 3.16. The fourth-order valence-corrected chi connectivity index (χ4v) is 4.68. The van der Waals surface area contributed by atoms with Crippen molar-refractivity contribution in [1.82, 2.24) is 9.29 Å². The molecule has 0 saturated heterocycles. The summed E-state index contributed by atoms with van der Waals surface area (Å²) in [7, 11) is -1.79. The minimum atomic E-state index is -3.67. The molecule has 1 N–H and O–H groups in total. The van der Waals surface area contributed by atoms with E-state index >= 15 is 0 Å². The third-order valence-corrected chi connectivity index (χ3v) is 6.06. The van der Waals surface area contributed by atoms with E-state index in [1.807, 2.05) is 43.4 Å². The highest BCUT2D eigenvalue weighted by Gasteiger charge is 2.25. The van der Waals surface area contributed by atoms with Crippen LogP contribution in [0.2, 0.25) is 0 Å². The normalized spacial score (nSPS) is 11.2. The van der Waals surface area contributed by atoms with Crippen LogP contribution in [0.1, 0.15) is 24.5 Å². The molecule has 0 unspecified atom stereocenters. The third-order valence-electron chi connectivity index (χ3n) is 4.38. The van der Waals surface area contributed by atoms with Crippen LogP contribution in [0, 0.1) is 0 Å². The van der Waals surface area contributed by atoms with Gasteiger partial charge in [-0.05, 0) is 42.3 Å². The van der Waals surface area contributed by atoms with E-state index in [-0.39, 0.29) is 12.4 Å². The monoisotopic (exact) mass is 404 g/mol. The predicted molar refractivity (Wildman–Crippen MR) is 113 cm³/mol. The van der Waals surface area contributed by atoms with E-state index in [2.05, 4.69) is 12.2 Å². The van der Waals surface area contributed by atoms with Crippen molar-refractivity contribution in [3.63, 3.8) is 0 Å². The maximum atomic E-state index is 13.3. The van der Waals surface area contributed by atoms with Gasteiger partial charge in [0.05, 0.1) is 10.6 Å². The number of rotatable bonds is 7. The van der Waals surface area contributed by atoms with E-state index in [4.69, 9.17) is 0 Å². The molecule has 0 spiro atoms. The van der Waals surface area contributed by atoms with Crippen LogP contribution in [0.3, 0.4) is 0 Å². The van der Waals surface area contributed by atoms with Crippen LogP contribution < -0.4 is 5.32 Å². The quantitative estimate of drug-likeness (QED) is 0.631. The second-order valence-electron chi connectivity index (χ2n) is 6.24. The zero-order valence-electron chi connectivity index (χ0n) is 15.6. The molecule has 0 radical (unpaired) electrons. The van der Waals surface area contributed by atoms with E-state index in [1.165, 1.54) is 3.97 Å². The molecule has 0 amide bonds. The molecule has 2 aromatic carbocycles. The summed E-state index contributed by atoms with van der Waals surface area (Å²) in [6, 6.07) is 18.4. The Morgan fingerprint density at radius 2 is 1.56 bits per heavy atom. The number of aromatic nitrogens is 1. The van der Waals surface area contributed by atoms with Crippen molar-refractivity contribution in [1.29, 1.82) is 0 Å². The van der Waals surface area contributed by atoms with Crippen molar-refractivity contribution in [3.05, 3.63) is 78.0 Å². The second-order valence-corrected chi connectivity index (χ2v) is 8.06. The second kappa shape index (κ2) is 9.22. The number of halogens is 1. The van der Waals surface area contributed by atoms with Crippen molar-refractivity contribution < 1.29 is 8.42 Å². The molecule has 6 heteroatoms. The van der Waals surface area contributed by atoms with E-state index < -0.39 is 10.0 Å². The fraction of sp³-hybridized carbons (Fsp3) is 0.238. The van der Waals surface area contributed by atoms with Crippen LogP contribution in [0.15, 0.2) is 71.8 Å². The Kier molecular flexibility index (Phi) is 7.25. The van der Waals surface area contributed by atoms with Gasteiger partial charge in [0, 0.05) is 12.7 Å². The topological polar surface area (TPSA) is 51.1 Å². The van der Waals surface area contributed by atoms with Crippen LogP contribution in [0.4, 0.5) is 0 Å². The molecule has 0 atom stereocenters. The molecule has 0 fully saturated rings. The summed E-state index contributed by atoms with van der Waals surface area (Å²) in [5.41, 5.74) is 3.79. The summed E-state index contributed by atoms with van der Waals surface area (Å²) in [5.74, 6) is 0. The molecule has 3 aromatic rings. The van der Waals surface area contributed by atoms with E-state index in [9.17, 15) is 8.42 Å². The Labute approximate surface area is 167 Å². The van der Waals surface area contributed by atoms with Gasteiger partial charge in [-0.3, -0.25) is 0 Å². The van der Waals surface area contributed by atoms with Gasteiger partial charge in [0.25, 0.3) is 10.0 Å². The van der Waals surface area contributed by atoms with Gasteiger partial charge in [0.1, 0.15) is 0 Å². The highest BCUT2D eigenvalue weighted by atomic mass is 35.5. The summed E-state index contributed by atoms with van der Waals surface area (Å²) in [6.07, 6.45) is 3.55. The van der Waals surface area contributed by atoms with Crippen molar-refractivity contribution in [2.45, 2.75) is 31.2 Å². The number of nitrogens with zero attached hydrogens (tertiary/aromatic N) is 1. The van der Waals surface area contributed by atoms with Crippen molar-refractivity contribution >= 4 is 22.4 Å². The molecule has 1 heterocycles. The fourth-order valence-electron chi connectivity index (χ4n) is 3.23. The minimum absolute atomic E-state index is 0. The Balaban J connectivity index is 0.00000261. The third kappa shape index (κ3) is 4.26. The maximum absolute atomic E-state index is 13.3. The molecular formula is C21H25ClN2O2S. The SMILES string of the molecule is CCCc1c(CNC)cn(S(=O)(=O)c2ccccc2)c1-c1ccccc1.Cl. The molecule has 0 bridgehead atoms. The molecule has 144 valence electrons. The van der Waals surface area contributed by atoms with Gasteiger partial charge in [-0.2, -0.15) is 0 Å². The van der Waals surface area contributed by atoms with Gasteiger partial charge in [0.15, 0.2) is 0 Å². The Morgan fingerprint density at radius 1 is 0.963 bits per heavy atom. The highest BCUT2D eigenvalue weighted by molar-refractivity contribution is 7.90. The summed E-state index contributed by atoms with van der Waals surface area (Å²) < 4.78 is 28.1. The Morgan fingerprint density at radius 3 is 2.11 bits per heavy atom. The first kappa shape index (κ1) is 21.2. The molecule has 3 rings (SSSR count). The molecule has 0 aliphatic carbocycles. The molecular weight excluding hydrogens is 380 g/mol. The molecule has 0 aliphatic rings. The van der Waals surface area contributed by atoms with Crippen LogP contribution in [-0.4, -0.2) is 19.4 Å². The van der Waals surface area contributed by atoms with E-state index in [1.54, 1.807) is 30.5 Å². The highest BCUT2D eigenvalue weighted by Crippen LogP contribution is 2.32. The van der Waals surface area contributed by atoms with Crippen LogP contribution in [-0.2, 0) is 23.0 Å². The summed E-state index contributed by atoms with van der Waals surface area (Å²) in [4.78, 5) is 0.297. The van der Waals surface area contributed by atoms with Gasteiger partial charge in [0.2, 0.25) is 0 Å². The first-order chi connectivity index (χ1) is 12.6. The first-order valence-corrected chi connectivity index (χ1v) is 10.3. The number of hydrogen-bond acceptors (Lipinski definition) is 3. The van der Waals surface area contributed by atoms with Gasteiger partial charge in [-0.15, -0.1) is 12.4 Å². The van der Waals surface area contributed by atoms with Crippen molar-refractivity contribution in [2.24, 2.45) is 0 Å². The molecule has 0 saturated carbocycles. The molecule has 4 nitrogen and oxygen atoms in total. The lowest BCUT2D eigenvalue weighted by Gasteiger charge is -2.13. The summed E-state index contributed by atoms with van der Waals surface area (Å²) in [6.45, 7) is 2.74. The smallest absolute Gasteiger partial charge is 0.268 e. The molecule has 0 aliphatic heterocycles. The van der Waals surface area contributed by atoms with Crippen molar-refractivity contribution in [2.75, 3.05) is 7.05 Å². The van der Waals surface area contributed by atoms with Gasteiger partial charge < -0.3 is 5.32 Å². The zero-order valence-corrected chi connectivity index (χ0v) is 17.2. The van der Waals surface area contributed by atoms with Gasteiger partial charge in [-0.25, -0.2) is 12.4 Å². The lowest BCUT2D eigenvalue weighted by Crippen LogP contribution is -2.13. The van der Waals surface area contributed by atoms with Crippen molar-refractivity contribution in [3.8, 4) is 11.3 Å². The average molecular weight is 405 g/mol. The summed E-state index contributed by atoms with van der Waals surface area (Å²) >= 11 is 0. The predicted octanol–water partition coefficient (Wildman–Crippen LogP) is 4.49. The zero-order chi connectivity index (χ0) is 18.6. The van der Waals surface area contributed by atoms with E-state index in [0.717, 1.165) is 35.2 Å². The average Bonchev–Trinajstić information content (AvgIpc) is 3.03. The molecule has 27 heavy (non-hydrogen) atoms. The van der Waals surface area contributed by atoms with Crippen LogP contribution in [0.5, 0.6) is 0 Å². The number of nitrogens with one attached hydrogen (secondary N) is 1. The molecule has 1 aromatic heterocycles. The number of benzene rings is 2. The first-order valence-electron chi connectivity index (χ1n) is 8.83. The Bertz CT molecular complexity index is 968. The number of hydrogen-bond donors (Lipinski definition) is 1. The van der Waals surface area contributed by atoms with Crippen LogP contribution in [0.25, 0.3) is 11.3 Å². The Hall–Kier alpha value is -2.08. The lowest BCUT2D eigenvalue weighted by molar-refractivity contribution is 0.588. The minimum Gasteiger partial charge on any atom is -0.316 e. The van der Waals surface area contributed by atoms with Gasteiger partial charge >= 0.3 is 0 Å². The largest absolute Gasteiger partial charge is 0.316 e.